The molecule has 0 radical (unpaired) electrons. The molecule has 10 rings (SSSR count). The first kappa shape index (κ1) is 50.7. The lowest BCUT2D eigenvalue weighted by molar-refractivity contribution is -0.248. The first-order valence-corrected chi connectivity index (χ1v) is 26.0. The predicted octanol–water partition coefficient (Wildman–Crippen LogP) is 0.723. The molecule has 0 saturated carbocycles. The summed E-state index contributed by atoms with van der Waals surface area (Å²) in [7, 11) is -15.3. The Bertz CT molecular complexity index is 2600. The van der Waals surface area contributed by atoms with E-state index in [0.717, 1.165) is 5.56 Å². The average molecular weight is 1060 g/mol. The van der Waals surface area contributed by atoms with Crippen LogP contribution in [0.1, 0.15) is 32.9 Å². The maximum Gasteiger partial charge on any atom is 0.490 e. The standard InChI is InChI=1S/C13H19N4O14P3.C13H16N4O5.C7H4ClO3P/c1-25-13-28-9-6(3-26-33(21,22)31-34(23,24)30-32(18,19)20)27-10(11(9)29-13)8-7-5(2-15-8)12(14)17-4-16-7;1-19-13-21-9-6(3-18)20-10(11(9)22-13)8-7-5(2-15-8)12(14)17-4-16-7;8-12-10-6-4-2-1-3-5(6)7(9)11-12/h4,6,9-11,13H,2-3H2,1H3,(H,21,22)(H,23,24)(H2,14,16,17)(H2,18,19,20);4,6,9-11,13,18H,2-3H2,1H3,(H2,14,16,17);1-4H/t2*6-,9-,10+,11-,13?;/m11./s1. The summed E-state index contributed by atoms with van der Waals surface area (Å²) in [5.41, 5.74) is 15.6. The third-order valence-electron chi connectivity index (χ3n) is 10.3. The zero-order valence-electron chi connectivity index (χ0n) is 34.7. The molecule has 0 bridgehead atoms. The topological polar surface area (TPSA) is 418 Å². The summed E-state index contributed by atoms with van der Waals surface area (Å²) >= 11 is 5.54. The minimum absolute atomic E-state index is 0.177. The number of para-hydroxylation sites is 1. The Morgan fingerprint density at radius 3 is 1.76 bits per heavy atom. The molecule has 68 heavy (non-hydrogen) atoms. The molecule has 30 nitrogen and oxygen atoms in total. The first-order chi connectivity index (χ1) is 32.3. The minimum Gasteiger partial charge on any atom is -0.426 e. The highest BCUT2D eigenvalue weighted by Crippen LogP contribution is 2.66. The second kappa shape index (κ2) is 20.6. The van der Waals surface area contributed by atoms with E-state index in [0.29, 0.717) is 52.1 Å². The van der Waals surface area contributed by atoms with Gasteiger partial charge in [-0.1, -0.05) is 12.1 Å². The van der Waals surface area contributed by atoms with Crippen LogP contribution in [0.2, 0.25) is 0 Å². The SMILES string of the molecule is COC1O[C@@H]2[C@H](O1)[C@@H](CO)O[C@H]2C1=NCc2c(N)ncnc21.COC1O[C@@H]2[C@H](O1)[C@@H](COP(=O)(O)OP(=O)(O)OP(=O)(O)O)O[C@H]2C1=NCc2c(N)ncnc21.O=C1OP(Cl)Oc2ccccc21. The smallest absolute Gasteiger partial charge is 0.426 e. The van der Waals surface area contributed by atoms with Gasteiger partial charge in [0.15, 0.2) is 0 Å². The van der Waals surface area contributed by atoms with Crippen LogP contribution in [0.4, 0.5) is 11.6 Å². The minimum atomic E-state index is -5.67. The molecule has 3 aromatic rings. The molecule has 0 spiro atoms. The van der Waals surface area contributed by atoms with Gasteiger partial charge in [0.2, 0.25) is 0 Å². The zero-order valence-corrected chi connectivity index (χ0v) is 39.1. The Labute approximate surface area is 388 Å². The monoisotopic (exact) mass is 1060 g/mol. The van der Waals surface area contributed by atoms with E-state index in [1.54, 1.807) is 24.3 Å². The fourth-order valence-electron chi connectivity index (χ4n) is 7.53. The third-order valence-corrected chi connectivity index (χ3v) is 15.2. The lowest BCUT2D eigenvalue weighted by Gasteiger charge is -2.21. The number of methoxy groups -OCH3 is 2. The van der Waals surface area contributed by atoms with Gasteiger partial charge >= 0.3 is 37.2 Å². The fraction of sp³-hybridized carbons (Fsp3) is 0.485. The highest BCUT2D eigenvalue weighted by Gasteiger charge is 2.57. The first-order valence-electron chi connectivity index (χ1n) is 19.4. The molecule has 0 aliphatic carbocycles. The van der Waals surface area contributed by atoms with Crippen molar-refractivity contribution in [3.05, 3.63) is 65.0 Å². The van der Waals surface area contributed by atoms with E-state index in [1.807, 2.05) is 0 Å². The number of aromatic nitrogens is 4. The molecule has 4 saturated heterocycles. The molecule has 35 heteroatoms. The third kappa shape index (κ3) is 11.1. The number of halogens is 1. The van der Waals surface area contributed by atoms with Crippen LogP contribution in [0.3, 0.4) is 0 Å². The largest absolute Gasteiger partial charge is 0.490 e. The van der Waals surface area contributed by atoms with Crippen molar-refractivity contribution in [1.29, 1.82) is 0 Å². The normalized spacial score (nSPS) is 31.4. The number of aliphatic hydroxyl groups excluding tert-OH is 1. The van der Waals surface area contributed by atoms with Crippen molar-refractivity contribution in [3.8, 4) is 5.75 Å². The van der Waals surface area contributed by atoms with Crippen LogP contribution in [-0.4, -0.2) is 151 Å². The van der Waals surface area contributed by atoms with Crippen LogP contribution in [0.25, 0.3) is 0 Å². The van der Waals surface area contributed by atoms with Gasteiger partial charge in [0, 0.05) is 25.3 Å². The quantitative estimate of drug-likeness (QED) is 0.123. The van der Waals surface area contributed by atoms with Crippen molar-refractivity contribution in [3.63, 3.8) is 0 Å². The van der Waals surface area contributed by atoms with E-state index in [4.69, 9.17) is 74.9 Å². The van der Waals surface area contributed by atoms with Crippen LogP contribution in [0.15, 0.2) is 46.9 Å². The molecule has 9 heterocycles. The molecular weight excluding hydrogens is 1020 g/mol. The summed E-state index contributed by atoms with van der Waals surface area (Å²) in [6, 6.07) is 6.84. The predicted molar refractivity (Wildman–Crippen MR) is 224 cm³/mol. The molecule has 7 aliphatic heterocycles. The number of aliphatic hydroxyl groups is 1. The number of anilines is 2. The number of rotatable bonds is 12. The molecule has 5 unspecified atom stereocenters. The number of benzene rings is 1. The molecular formula is C33H39ClN8O22P4. The second-order valence-electron chi connectivity index (χ2n) is 14.5. The van der Waals surface area contributed by atoms with Gasteiger partial charge in [0.1, 0.15) is 84.4 Å². The molecule has 0 amide bonds. The van der Waals surface area contributed by atoms with Gasteiger partial charge in [-0.15, -0.1) is 0 Å². The number of nitrogens with zero attached hydrogens (tertiary/aromatic N) is 6. The summed E-state index contributed by atoms with van der Waals surface area (Å²) in [5, 5.41) is 9.49. The lowest BCUT2D eigenvalue weighted by atomic mass is 10.0. The van der Waals surface area contributed by atoms with Gasteiger partial charge in [-0.3, -0.25) is 14.5 Å². The number of hydrogen-bond donors (Lipinski definition) is 7. The van der Waals surface area contributed by atoms with Crippen molar-refractivity contribution in [2.24, 2.45) is 9.98 Å². The Hall–Kier alpha value is -3.64. The number of aliphatic imine (C=N–C) groups is 2. The lowest BCUT2D eigenvalue weighted by Crippen LogP contribution is -2.35. The van der Waals surface area contributed by atoms with Gasteiger partial charge in [0.25, 0.3) is 13.0 Å². The Kier molecular flexibility index (Phi) is 15.4. The molecule has 4 fully saturated rings. The number of fused-ring (bicyclic) bond motifs is 5. The number of hydrogen-bond acceptors (Lipinski definition) is 26. The number of nitrogens with two attached hydrogens (primary N) is 2. The van der Waals surface area contributed by atoms with Gasteiger partial charge in [-0.2, -0.15) is 8.62 Å². The number of phosphoric acid groups is 3. The van der Waals surface area contributed by atoms with Crippen LogP contribution in [0.5, 0.6) is 5.75 Å². The Morgan fingerprint density at radius 1 is 0.721 bits per heavy atom. The van der Waals surface area contributed by atoms with E-state index in [9.17, 15) is 33.4 Å². The van der Waals surface area contributed by atoms with Gasteiger partial charge in [-0.05, 0) is 23.4 Å². The van der Waals surface area contributed by atoms with Gasteiger partial charge in [0.05, 0.1) is 49.1 Å². The maximum atomic E-state index is 12.1. The summed E-state index contributed by atoms with van der Waals surface area (Å²) in [6.45, 7) is -2.20. The van der Waals surface area contributed by atoms with Crippen molar-refractivity contribution in [1.82, 2.24) is 19.9 Å². The molecule has 1 aromatic carbocycles. The maximum absolute atomic E-state index is 12.1. The zero-order chi connectivity index (χ0) is 48.7. The number of nitrogen functional groups attached to an aromatic ring is 2. The fourth-order valence-corrected chi connectivity index (χ4v) is 11.6. The van der Waals surface area contributed by atoms with E-state index in [2.05, 4.69) is 47.6 Å². The van der Waals surface area contributed by atoms with Gasteiger partial charge in [-0.25, -0.2) is 38.4 Å². The molecule has 370 valence electrons. The number of phosphoric ester groups is 1. The van der Waals surface area contributed by atoms with E-state index in [-0.39, 0.29) is 19.0 Å². The highest BCUT2D eigenvalue weighted by atomic mass is 35.7. The average Bonchev–Trinajstić information content (AvgIpc) is 4.13. The van der Waals surface area contributed by atoms with Crippen LogP contribution >= 0.6 is 42.4 Å². The van der Waals surface area contributed by atoms with E-state index < -0.39 is 106 Å². The summed E-state index contributed by atoms with van der Waals surface area (Å²) in [6.07, 6.45) is -2.89. The molecule has 2 aromatic heterocycles. The van der Waals surface area contributed by atoms with Crippen molar-refractivity contribution in [2.75, 3.05) is 38.9 Å². The van der Waals surface area contributed by atoms with E-state index in [1.165, 1.54) is 26.9 Å². The van der Waals surface area contributed by atoms with Crippen LogP contribution in [0, 0.1) is 0 Å². The summed E-state index contributed by atoms with van der Waals surface area (Å²) in [5.74, 6) is 0.726. The molecule has 9 N–H and O–H groups in total. The number of carbonyl (C=O) groups excluding carboxylic acids is 1. The Balaban J connectivity index is 0.000000155. The summed E-state index contributed by atoms with van der Waals surface area (Å²) < 4.78 is 101. The van der Waals surface area contributed by atoms with Gasteiger partial charge < -0.3 is 83.1 Å². The van der Waals surface area contributed by atoms with Crippen molar-refractivity contribution in [2.45, 2.75) is 74.9 Å². The van der Waals surface area contributed by atoms with Crippen LogP contribution in [-0.2, 0) is 82.3 Å². The van der Waals surface area contributed by atoms with Crippen molar-refractivity contribution < 1.29 is 103 Å². The van der Waals surface area contributed by atoms with Crippen molar-refractivity contribution >= 4 is 71.5 Å². The van der Waals surface area contributed by atoms with Crippen LogP contribution < -0.4 is 16.0 Å². The molecule has 13 atom stereocenters. The Morgan fingerprint density at radius 2 is 1.24 bits per heavy atom. The number of carbonyl (C=O) groups is 1. The molecule has 7 aliphatic rings. The highest BCUT2D eigenvalue weighted by molar-refractivity contribution is 7.76. The van der Waals surface area contributed by atoms with E-state index >= 15 is 0 Å². The second-order valence-corrected chi connectivity index (χ2v) is 20.5. The number of ether oxygens (including phenoxy) is 8. The summed E-state index contributed by atoms with van der Waals surface area (Å²) in [4.78, 5) is 72.5.